The van der Waals surface area contributed by atoms with Crippen LogP contribution in [0.5, 0.6) is 11.5 Å². The van der Waals surface area contributed by atoms with E-state index >= 15 is 0 Å². The number of aromatic nitrogens is 2. The summed E-state index contributed by atoms with van der Waals surface area (Å²) in [6.07, 6.45) is 4.55. The molecule has 0 radical (unpaired) electrons. The highest BCUT2D eigenvalue weighted by atomic mass is 16.5. The monoisotopic (exact) mass is 656 g/mol. The number of nitrogens with zero attached hydrogens (tertiary/aromatic N) is 2. The summed E-state index contributed by atoms with van der Waals surface area (Å²) in [4.78, 5) is 52.1. The van der Waals surface area contributed by atoms with Crippen LogP contribution in [0.2, 0.25) is 0 Å². The van der Waals surface area contributed by atoms with E-state index in [1.807, 2.05) is 19.9 Å². The number of rotatable bonds is 12. The smallest absolute Gasteiger partial charge is 0.330 e. The van der Waals surface area contributed by atoms with Crippen LogP contribution in [0.1, 0.15) is 91.1 Å². The molecule has 11 nitrogen and oxygen atoms in total. The molecule has 3 aromatic rings. The molecule has 2 amide bonds. The molecule has 48 heavy (non-hydrogen) atoms. The highest BCUT2D eigenvalue weighted by Gasteiger charge is 2.62. The third kappa shape index (κ3) is 5.73. The Morgan fingerprint density at radius 2 is 1.56 bits per heavy atom. The molecule has 254 valence electrons. The Morgan fingerprint density at radius 3 is 2.10 bits per heavy atom. The second kappa shape index (κ2) is 13.1. The molecule has 4 aliphatic carbocycles. The van der Waals surface area contributed by atoms with Gasteiger partial charge in [-0.2, -0.15) is 5.10 Å². The van der Waals surface area contributed by atoms with Gasteiger partial charge in [0.2, 0.25) is 5.91 Å². The first-order valence-electron chi connectivity index (χ1n) is 16.8. The van der Waals surface area contributed by atoms with E-state index < -0.39 is 17.4 Å². The number of benzene rings is 2. The van der Waals surface area contributed by atoms with E-state index in [4.69, 9.17) is 14.6 Å². The van der Waals surface area contributed by atoms with Crippen LogP contribution in [0, 0.1) is 23.7 Å². The summed E-state index contributed by atoms with van der Waals surface area (Å²) in [5.41, 5.74) is 1.70. The molecule has 4 fully saturated rings. The number of carboxylic acid groups (broad SMARTS) is 1. The molecular weight excluding hydrogens is 612 g/mol. The molecule has 0 unspecified atom stereocenters. The first kappa shape index (κ1) is 33.2. The van der Waals surface area contributed by atoms with Crippen molar-refractivity contribution in [3.05, 3.63) is 59.3 Å². The minimum absolute atomic E-state index is 0.0519. The van der Waals surface area contributed by atoms with Crippen molar-refractivity contribution >= 4 is 23.6 Å². The molecule has 4 aliphatic rings. The van der Waals surface area contributed by atoms with Gasteiger partial charge in [0.05, 0.1) is 31.2 Å². The van der Waals surface area contributed by atoms with Crippen molar-refractivity contribution < 1.29 is 33.8 Å². The number of amides is 2. The zero-order valence-electron chi connectivity index (χ0n) is 28.2. The third-order valence-corrected chi connectivity index (χ3v) is 10.8. The van der Waals surface area contributed by atoms with Gasteiger partial charge in [-0.25, -0.2) is 9.48 Å². The summed E-state index contributed by atoms with van der Waals surface area (Å²) in [5.74, 6) is -0.143. The molecule has 0 saturated heterocycles. The molecule has 7 rings (SSSR count). The topological polar surface area (TPSA) is 149 Å². The van der Waals surface area contributed by atoms with Crippen molar-refractivity contribution in [2.75, 3.05) is 21.3 Å². The average molecular weight is 657 g/mol. The van der Waals surface area contributed by atoms with Crippen LogP contribution in [-0.4, -0.2) is 65.3 Å². The Bertz CT molecular complexity index is 1710. The zero-order chi connectivity index (χ0) is 34.3. The van der Waals surface area contributed by atoms with E-state index in [0.29, 0.717) is 45.8 Å². The number of carboxylic acids is 1. The lowest BCUT2D eigenvalue weighted by Crippen LogP contribution is -2.70. The maximum atomic E-state index is 14.2. The summed E-state index contributed by atoms with van der Waals surface area (Å²) < 4.78 is 13.1. The molecule has 4 saturated carbocycles. The molecular formula is C37H44N4O7. The van der Waals surface area contributed by atoms with Crippen molar-refractivity contribution in [2.24, 2.45) is 23.7 Å². The number of hydrogen-bond donors (Lipinski definition) is 3. The number of carbonyl (C=O) groups excluding carboxylic acids is 3. The normalized spacial score (nSPS) is 24.0. The Kier molecular flexibility index (Phi) is 9.06. The van der Waals surface area contributed by atoms with Crippen LogP contribution >= 0.6 is 0 Å². The highest BCUT2D eigenvalue weighted by Crippen LogP contribution is 2.58. The Hall–Kier alpha value is -4.67. The Morgan fingerprint density at radius 1 is 0.938 bits per heavy atom. The van der Waals surface area contributed by atoms with Crippen molar-refractivity contribution in [3.63, 3.8) is 0 Å². The fourth-order valence-corrected chi connectivity index (χ4v) is 8.62. The van der Waals surface area contributed by atoms with Crippen molar-refractivity contribution in [2.45, 2.75) is 70.3 Å². The van der Waals surface area contributed by atoms with Gasteiger partial charge in [0.1, 0.15) is 17.0 Å². The second-order valence-electron chi connectivity index (χ2n) is 13.8. The second-order valence-corrected chi connectivity index (χ2v) is 13.8. The maximum Gasteiger partial charge on any atom is 0.330 e. The lowest BCUT2D eigenvalue weighted by Gasteiger charge is -2.59. The predicted molar refractivity (Wildman–Crippen MR) is 179 cm³/mol. The van der Waals surface area contributed by atoms with E-state index in [1.165, 1.54) is 7.05 Å². The van der Waals surface area contributed by atoms with Crippen LogP contribution < -0.4 is 20.1 Å². The van der Waals surface area contributed by atoms with Crippen LogP contribution in [0.25, 0.3) is 16.9 Å². The summed E-state index contributed by atoms with van der Waals surface area (Å²) in [5, 5.41) is 21.1. The van der Waals surface area contributed by atoms with Gasteiger partial charge in [-0.1, -0.05) is 19.9 Å². The van der Waals surface area contributed by atoms with Crippen LogP contribution in [0.15, 0.2) is 42.5 Å². The Balaban J connectivity index is 1.45. The number of aliphatic carboxylic acids is 1. The summed E-state index contributed by atoms with van der Waals surface area (Å²) >= 11 is 0. The van der Waals surface area contributed by atoms with Gasteiger partial charge in [0, 0.05) is 25.5 Å². The molecule has 0 atom stereocenters. The summed E-state index contributed by atoms with van der Waals surface area (Å²) in [6.45, 7) is 4.00. The molecule has 2 aromatic carbocycles. The standard InChI is InChI=1S/C37H44N4O7/c1-20(2)26-18-23(30(42)11-12-33(43)38-3)9-10-28(26)41-29(34-31(47-4)7-6-8-32(34)48-5)19-27(40-41)35(44)39-37(36(45)46)24-14-21-13-22(16-24)17-25(37)15-21/h6-10,18-22,24-25H,11-17H2,1-5H3,(H,38,43)(H,39,44)(H,45,46). The van der Waals surface area contributed by atoms with Gasteiger partial charge < -0.3 is 25.2 Å². The van der Waals surface area contributed by atoms with Gasteiger partial charge in [0.15, 0.2) is 11.5 Å². The highest BCUT2D eigenvalue weighted by molar-refractivity contribution is 5.99. The molecule has 11 heteroatoms. The molecule has 1 heterocycles. The lowest BCUT2D eigenvalue weighted by molar-refractivity contribution is -0.163. The van der Waals surface area contributed by atoms with Crippen LogP contribution in [0.3, 0.4) is 0 Å². The number of Topliss-reactive ketones (excluding diaryl/α,β-unsaturated/α-hetero) is 1. The van der Waals surface area contributed by atoms with Crippen molar-refractivity contribution in [1.29, 1.82) is 0 Å². The molecule has 0 spiro atoms. The average Bonchev–Trinajstić information content (AvgIpc) is 3.52. The number of hydrogen-bond acceptors (Lipinski definition) is 7. The fourth-order valence-electron chi connectivity index (χ4n) is 8.62. The van der Waals surface area contributed by atoms with E-state index in [2.05, 4.69) is 10.6 Å². The SMILES string of the molecule is CNC(=O)CCC(=O)c1ccc(-n2nc(C(=O)NC3(C(=O)O)C4CC5CC(C4)CC3C5)cc2-c2c(OC)cccc2OC)c(C(C)C)c1. The van der Waals surface area contributed by atoms with Crippen LogP contribution in [-0.2, 0) is 9.59 Å². The first-order valence-corrected chi connectivity index (χ1v) is 16.8. The van der Waals surface area contributed by atoms with Crippen molar-refractivity contribution in [3.8, 4) is 28.4 Å². The summed E-state index contributed by atoms with van der Waals surface area (Å²) in [7, 11) is 4.64. The number of nitrogens with one attached hydrogen (secondary N) is 2. The van der Waals surface area contributed by atoms with Gasteiger partial charge in [-0.3, -0.25) is 14.4 Å². The van der Waals surface area contributed by atoms with E-state index in [9.17, 15) is 24.3 Å². The van der Waals surface area contributed by atoms with Gasteiger partial charge in [-0.05, 0) is 104 Å². The number of methoxy groups -OCH3 is 2. The molecule has 3 N–H and O–H groups in total. The number of ether oxygens (including phenoxy) is 2. The minimum atomic E-state index is -1.34. The molecule has 0 aliphatic heterocycles. The van der Waals surface area contributed by atoms with E-state index in [1.54, 1.807) is 55.3 Å². The minimum Gasteiger partial charge on any atom is -0.496 e. The lowest BCUT2D eigenvalue weighted by atomic mass is 9.48. The fraction of sp³-hybridized carbons (Fsp3) is 0.486. The van der Waals surface area contributed by atoms with Gasteiger partial charge in [0.25, 0.3) is 5.91 Å². The number of carbonyl (C=O) groups is 4. The predicted octanol–water partition coefficient (Wildman–Crippen LogP) is 5.40. The first-order chi connectivity index (χ1) is 23.0. The van der Waals surface area contributed by atoms with Gasteiger partial charge in [-0.15, -0.1) is 0 Å². The largest absolute Gasteiger partial charge is 0.496 e. The van der Waals surface area contributed by atoms with Crippen LogP contribution in [0.4, 0.5) is 0 Å². The molecule has 1 aromatic heterocycles. The maximum absolute atomic E-state index is 14.2. The van der Waals surface area contributed by atoms with Gasteiger partial charge >= 0.3 is 5.97 Å². The van der Waals surface area contributed by atoms with E-state index in [-0.39, 0.29) is 48.0 Å². The third-order valence-electron chi connectivity index (χ3n) is 10.8. The Labute approximate surface area is 280 Å². The zero-order valence-corrected chi connectivity index (χ0v) is 28.2. The quantitative estimate of drug-likeness (QED) is 0.220. The summed E-state index contributed by atoms with van der Waals surface area (Å²) in [6, 6.07) is 12.3. The number of ketones is 1. The van der Waals surface area contributed by atoms with E-state index in [0.717, 1.165) is 37.7 Å². The van der Waals surface area contributed by atoms with Crippen molar-refractivity contribution in [1.82, 2.24) is 20.4 Å². The molecule has 4 bridgehead atoms.